The van der Waals surface area contributed by atoms with Crippen molar-refractivity contribution in [3.63, 3.8) is 0 Å². The third-order valence-electron chi connectivity index (χ3n) is 1.14. The zero-order valence-electron chi connectivity index (χ0n) is 6.51. The van der Waals surface area contributed by atoms with Crippen molar-refractivity contribution >= 4 is 29.2 Å². The monoisotopic (exact) mass is 220 g/mol. The lowest BCUT2D eigenvalue weighted by Gasteiger charge is -1.96. The fourth-order valence-corrected chi connectivity index (χ4v) is 0.894. The van der Waals surface area contributed by atoms with Crippen LogP contribution in [-0.2, 0) is 4.74 Å². The van der Waals surface area contributed by atoms with Gasteiger partial charge in [0.25, 0.3) is 0 Å². The minimum Gasteiger partial charge on any atom is -0.456 e. The Morgan fingerprint density at radius 1 is 1.69 bits per heavy atom. The van der Waals surface area contributed by atoms with Crippen molar-refractivity contribution in [3.05, 3.63) is 28.8 Å². The van der Waals surface area contributed by atoms with Crippen LogP contribution < -0.4 is 0 Å². The van der Waals surface area contributed by atoms with E-state index in [1.165, 1.54) is 6.08 Å². The first-order valence-corrected chi connectivity index (χ1v) is 4.09. The van der Waals surface area contributed by atoms with Gasteiger partial charge in [-0.3, -0.25) is 0 Å². The van der Waals surface area contributed by atoms with Gasteiger partial charge < -0.3 is 9.72 Å². The Morgan fingerprint density at radius 2 is 2.38 bits per heavy atom. The van der Waals surface area contributed by atoms with Crippen molar-refractivity contribution in [2.75, 3.05) is 6.61 Å². The van der Waals surface area contributed by atoms with Gasteiger partial charge in [0.05, 0.1) is 0 Å². The largest absolute Gasteiger partial charge is 0.456 e. The number of halogens is 2. The van der Waals surface area contributed by atoms with Crippen LogP contribution in [0, 0.1) is 0 Å². The Labute approximate surface area is 84.5 Å². The third-order valence-corrected chi connectivity index (χ3v) is 1.79. The average molecular weight is 221 g/mol. The van der Waals surface area contributed by atoms with Crippen molar-refractivity contribution in [2.24, 2.45) is 0 Å². The summed E-state index contributed by atoms with van der Waals surface area (Å²) in [6, 6.07) is 0. The Kier molecular flexibility index (Phi) is 3.33. The number of carbonyl (C=O) groups is 1. The first-order chi connectivity index (χ1) is 6.15. The van der Waals surface area contributed by atoms with Gasteiger partial charge in [-0.15, -0.1) is 0 Å². The number of nitrogens with zero attached hydrogens (tertiary/aromatic N) is 1. The molecule has 1 heterocycles. The molecular weight excluding hydrogens is 215 g/mol. The molecule has 70 valence electrons. The number of hydrogen-bond acceptors (Lipinski definition) is 3. The first kappa shape index (κ1) is 10.1. The lowest BCUT2D eigenvalue weighted by atomic mass is 10.6. The zero-order chi connectivity index (χ0) is 9.84. The fraction of sp³-hybridized carbons (Fsp3) is 0.143. The molecule has 0 aromatic carbocycles. The molecular formula is C7H6Cl2N2O2. The molecule has 1 aromatic heterocycles. The normalized spacial score (nSPS) is 9.69. The average Bonchev–Trinajstić information content (AvgIpc) is 2.43. The van der Waals surface area contributed by atoms with Crippen molar-refractivity contribution in [2.45, 2.75) is 0 Å². The molecule has 0 atom stereocenters. The molecule has 1 aromatic rings. The number of imidazole rings is 1. The molecule has 0 amide bonds. The van der Waals surface area contributed by atoms with E-state index in [0.717, 1.165) is 0 Å². The van der Waals surface area contributed by atoms with E-state index in [0.29, 0.717) is 0 Å². The summed E-state index contributed by atoms with van der Waals surface area (Å²) in [5.74, 6) is -0.634. The number of carbonyl (C=O) groups excluding carboxylic acids is 1. The van der Waals surface area contributed by atoms with Gasteiger partial charge in [-0.05, 0) is 0 Å². The van der Waals surface area contributed by atoms with Gasteiger partial charge in [-0.2, -0.15) is 0 Å². The molecule has 4 nitrogen and oxygen atoms in total. The highest BCUT2D eigenvalue weighted by atomic mass is 35.5. The highest BCUT2D eigenvalue weighted by Crippen LogP contribution is 2.17. The van der Waals surface area contributed by atoms with E-state index in [9.17, 15) is 4.79 Å². The highest BCUT2D eigenvalue weighted by molar-refractivity contribution is 6.40. The van der Waals surface area contributed by atoms with E-state index < -0.39 is 5.97 Å². The number of nitrogens with one attached hydrogen (secondary N) is 1. The Hall–Kier alpha value is -1.000. The smallest absolute Gasteiger partial charge is 0.374 e. The van der Waals surface area contributed by atoms with Gasteiger partial charge in [-0.1, -0.05) is 35.9 Å². The number of H-pyrrole nitrogens is 1. The molecule has 6 heteroatoms. The maximum absolute atomic E-state index is 11.1. The molecule has 0 fully saturated rings. The SMILES string of the molecule is C=CCOC(=O)c1nc(Cl)c(Cl)[nH]1. The summed E-state index contributed by atoms with van der Waals surface area (Å²) >= 11 is 11.0. The molecule has 0 radical (unpaired) electrons. The van der Waals surface area contributed by atoms with E-state index in [1.54, 1.807) is 0 Å². The number of aromatic nitrogens is 2. The molecule has 1 rings (SSSR count). The molecule has 13 heavy (non-hydrogen) atoms. The predicted molar refractivity (Wildman–Crippen MR) is 49.1 cm³/mol. The molecule has 0 bridgehead atoms. The second kappa shape index (κ2) is 4.30. The van der Waals surface area contributed by atoms with Crippen LogP contribution in [0.3, 0.4) is 0 Å². The highest BCUT2D eigenvalue weighted by Gasteiger charge is 2.13. The Balaban J connectivity index is 2.71. The molecule has 1 N–H and O–H groups in total. The van der Waals surface area contributed by atoms with Crippen molar-refractivity contribution < 1.29 is 9.53 Å². The van der Waals surface area contributed by atoms with Crippen LogP contribution in [0.1, 0.15) is 10.6 Å². The van der Waals surface area contributed by atoms with Crippen molar-refractivity contribution in [1.29, 1.82) is 0 Å². The quantitative estimate of drug-likeness (QED) is 0.627. The van der Waals surface area contributed by atoms with Crippen molar-refractivity contribution in [3.8, 4) is 0 Å². The van der Waals surface area contributed by atoms with E-state index in [2.05, 4.69) is 21.3 Å². The van der Waals surface area contributed by atoms with Crippen LogP contribution in [0.15, 0.2) is 12.7 Å². The maximum atomic E-state index is 11.1. The Morgan fingerprint density at radius 3 is 2.85 bits per heavy atom. The minimum atomic E-state index is -0.617. The summed E-state index contributed by atoms with van der Waals surface area (Å²) in [6.07, 6.45) is 1.45. The van der Waals surface area contributed by atoms with E-state index in [1.807, 2.05) is 0 Å². The zero-order valence-corrected chi connectivity index (χ0v) is 8.02. The lowest BCUT2D eigenvalue weighted by Crippen LogP contribution is -2.06. The van der Waals surface area contributed by atoms with Crippen LogP contribution >= 0.6 is 23.2 Å². The number of aromatic amines is 1. The summed E-state index contributed by atoms with van der Waals surface area (Å²) in [4.78, 5) is 17.2. The van der Waals surface area contributed by atoms with E-state index in [4.69, 9.17) is 23.2 Å². The minimum absolute atomic E-state index is 0.0168. The van der Waals surface area contributed by atoms with Gasteiger partial charge in [0.1, 0.15) is 11.8 Å². The Bertz CT molecular complexity index is 316. The summed E-state index contributed by atoms with van der Waals surface area (Å²) in [5, 5.41) is 0.166. The number of esters is 1. The molecule has 0 aliphatic heterocycles. The van der Waals surface area contributed by atoms with Crippen LogP contribution in [-0.4, -0.2) is 22.5 Å². The molecule has 0 saturated heterocycles. The topological polar surface area (TPSA) is 55.0 Å². The second-order valence-corrected chi connectivity index (χ2v) is 2.81. The van der Waals surface area contributed by atoms with Gasteiger partial charge >= 0.3 is 5.97 Å². The standard InChI is InChI=1S/C7H6Cl2N2O2/c1-2-3-13-7(12)6-10-4(8)5(9)11-6/h2H,1,3H2,(H,10,11). The number of rotatable bonds is 3. The van der Waals surface area contributed by atoms with Gasteiger partial charge in [0, 0.05) is 0 Å². The molecule has 0 saturated carbocycles. The molecule has 0 aliphatic rings. The van der Waals surface area contributed by atoms with E-state index >= 15 is 0 Å². The van der Waals surface area contributed by atoms with Crippen LogP contribution in [0.4, 0.5) is 0 Å². The maximum Gasteiger partial charge on any atom is 0.374 e. The number of ether oxygens (including phenoxy) is 1. The molecule has 0 unspecified atom stereocenters. The van der Waals surface area contributed by atoms with Gasteiger partial charge in [-0.25, -0.2) is 9.78 Å². The molecule has 0 aliphatic carbocycles. The van der Waals surface area contributed by atoms with Crippen LogP contribution in [0.2, 0.25) is 10.3 Å². The lowest BCUT2D eigenvalue weighted by molar-refractivity contribution is 0.0537. The second-order valence-electron chi connectivity index (χ2n) is 2.08. The fourth-order valence-electron chi connectivity index (χ4n) is 0.630. The van der Waals surface area contributed by atoms with Crippen LogP contribution in [0.25, 0.3) is 0 Å². The van der Waals surface area contributed by atoms with Gasteiger partial charge in [0.2, 0.25) is 5.82 Å². The number of hydrogen-bond donors (Lipinski definition) is 1. The van der Waals surface area contributed by atoms with Gasteiger partial charge in [0.15, 0.2) is 5.15 Å². The third kappa shape index (κ3) is 2.47. The molecule has 0 spiro atoms. The van der Waals surface area contributed by atoms with E-state index in [-0.39, 0.29) is 22.7 Å². The summed E-state index contributed by atoms with van der Waals surface area (Å²) in [7, 11) is 0. The predicted octanol–water partition coefficient (Wildman–Crippen LogP) is 2.06. The summed E-state index contributed by atoms with van der Waals surface area (Å²) < 4.78 is 4.68. The van der Waals surface area contributed by atoms with Crippen molar-refractivity contribution in [1.82, 2.24) is 9.97 Å². The summed E-state index contributed by atoms with van der Waals surface area (Å²) in [6.45, 7) is 3.51. The first-order valence-electron chi connectivity index (χ1n) is 3.34. The van der Waals surface area contributed by atoms with Crippen LogP contribution in [0.5, 0.6) is 0 Å². The summed E-state index contributed by atoms with van der Waals surface area (Å²) in [5.41, 5.74) is 0.